The Morgan fingerprint density at radius 1 is 1.26 bits per heavy atom. The molecule has 8 nitrogen and oxygen atoms in total. The largest absolute Gasteiger partial charge is 0.535 e. The SMILES string of the molecule is CCCCOC(=O)OCOC(=O)c1cccc2c1OB(O)[C@@H](CC(=O)CC(C)(F)F)C2. The number of hydrogen-bond acceptors (Lipinski definition) is 8. The average Bonchev–Trinajstić information content (AvgIpc) is 2.66. The number of ether oxygens (including phenoxy) is 3. The van der Waals surface area contributed by atoms with Gasteiger partial charge in [0.05, 0.1) is 13.0 Å². The van der Waals surface area contributed by atoms with Gasteiger partial charge in [-0.15, -0.1) is 0 Å². The van der Waals surface area contributed by atoms with Crippen molar-refractivity contribution in [2.75, 3.05) is 13.4 Å². The number of unbranched alkanes of at least 4 members (excludes halogenated alkanes) is 1. The smallest absolute Gasteiger partial charge is 0.526 e. The number of esters is 1. The second-order valence-corrected chi connectivity index (χ2v) is 7.40. The first-order chi connectivity index (χ1) is 14.6. The standard InChI is InChI=1S/C20H25BF2O8/c1-3-4-8-28-19(26)30-12-29-18(25)16-7-5-6-13-9-14(21(27)31-17(13)16)10-15(24)11-20(2,22)23/h5-7,14,27H,3-4,8-12H2,1-2H3/t14-/m1/s1. The van der Waals surface area contributed by atoms with Crippen LogP contribution < -0.4 is 4.65 Å². The molecule has 1 aromatic rings. The van der Waals surface area contributed by atoms with E-state index in [0.717, 1.165) is 6.42 Å². The van der Waals surface area contributed by atoms with Crippen LogP contribution in [0, 0.1) is 0 Å². The number of rotatable bonds is 10. The van der Waals surface area contributed by atoms with Crippen LogP contribution in [0.3, 0.4) is 0 Å². The van der Waals surface area contributed by atoms with Crippen molar-refractivity contribution in [1.29, 1.82) is 0 Å². The molecule has 1 aromatic carbocycles. The van der Waals surface area contributed by atoms with Gasteiger partial charge < -0.3 is 23.9 Å². The lowest BCUT2D eigenvalue weighted by molar-refractivity contribution is -0.125. The number of halogens is 2. The monoisotopic (exact) mass is 442 g/mol. The summed E-state index contributed by atoms with van der Waals surface area (Å²) in [6.45, 7) is 2.11. The van der Waals surface area contributed by atoms with Crippen LogP contribution in [0.5, 0.6) is 5.75 Å². The molecule has 0 fully saturated rings. The van der Waals surface area contributed by atoms with Gasteiger partial charge in [-0.25, -0.2) is 18.4 Å². The van der Waals surface area contributed by atoms with Crippen molar-refractivity contribution in [3.05, 3.63) is 29.3 Å². The van der Waals surface area contributed by atoms with Crippen molar-refractivity contribution in [1.82, 2.24) is 0 Å². The van der Waals surface area contributed by atoms with E-state index in [1.54, 1.807) is 12.1 Å². The van der Waals surface area contributed by atoms with Gasteiger partial charge in [0.25, 0.3) is 5.92 Å². The summed E-state index contributed by atoms with van der Waals surface area (Å²) >= 11 is 0. The highest BCUT2D eigenvalue weighted by molar-refractivity contribution is 6.47. The van der Waals surface area contributed by atoms with Gasteiger partial charge in [-0.2, -0.15) is 0 Å². The fraction of sp³-hybridized carbons (Fsp3) is 0.550. The van der Waals surface area contributed by atoms with Crippen molar-refractivity contribution in [3.8, 4) is 5.75 Å². The molecule has 1 aliphatic rings. The molecule has 0 radical (unpaired) electrons. The Balaban J connectivity index is 1.95. The van der Waals surface area contributed by atoms with Gasteiger partial charge in [-0.1, -0.05) is 25.5 Å². The summed E-state index contributed by atoms with van der Waals surface area (Å²) in [7, 11) is -1.46. The third kappa shape index (κ3) is 7.82. The second-order valence-electron chi connectivity index (χ2n) is 7.40. The van der Waals surface area contributed by atoms with E-state index >= 15 is 0 Å². The fourth-order valence-electron chi connectivity index (χ4n) is 3.08. The molecule has 1 atom stereocenters. The predicted molar refractivity (Wildman–Crippen MR) is 105 cm³/mol. The summed E-state index contributed by atoms with van der Waals surface area (Å²) in [5, 5.41) is 10.2. The first-order valence-electron chi connectivity index (χ1n) is 9.93. The van der Waals surface area contributed by atoms with Gasteiger partial charge in [0, 0.05) is 12.2 Å². The van der Waals surface area contributed by atoms with Crippen molar-refractivity contribution in [3.63, 3.8) is 0 Å². The summed E-state index contributed by atoms with van der Waals surface area (Å²) < 4.78 is 45.8. The molecule has 0 aromatic heterocycles. The van der Waals surface area contributed by atoms with E-state index in [1.807, 2.05) is 6.92 Å². The van der Waals surface area contributed by atoms with Crippen LogP contribution in [0.4, 0.5) is 13.6 Å². The highest BCUT2D eigenvalue weighted by atomic mass is 19.3. The molecule has 11 heteroatoms. The predicted octanol–water partition coefficient (Wildman–Crippen LogP) is 3.54. The van der Waals surface area contributed by atoms with Gasteiger partial charge >= 0.3 is 19.2 Å². The molecule has 0 aliphatic carbocycles. The number of carbonyl (C=O) groups is 3. The quantitative estimate of drug-likeness (QED) is 0.254. The number of hydrogen-bond donors (Lipinski definition) is 1. The molecule has 0 amide bonds. The van der Waals surface area contributed by atoms with Gasteiger partial charge in [0.2, 0.25) is 6.79 Å². The minimum atomic E-state index is -3.13. The van der Waals surface area contributed by atoms with Gasteiger partial charge in [-0.3, -0.25) is 4.79 Å². The zero-order chi connectivity index (χ0) is 23.0. The number of benzene rings is 1. The Morgan fingerprint density at radius 2 is 2.00 bits per heavy atom. The fourth-order valence-corrected chi connectivity index (χ4v) is 3.08. The van der Waals surface area contributed by atoms with Crippen LogP contribution in [0.15, 0.2) is 18.2 Å². The van der Waals surface area contributed by atoms with E-state index < -0.39 is 50.0 Å². The molecule has 2 rings (SSSR count). The Hall–Kier alpha value is -2.69. The average molecular weight is 442 g/mol. The van der Waals surface area contributed by atoms with Crippen LogP contribution in [0.2, 0.25) is 5.82 Å². The zero-order valence-electron chi connectivity index (χ0n) is 17.4. The molecule has 0 saturated carbocycles. The molecular formula is C20H25BF2O8. The summed E-state index contributed by atoms with van der Waals surface area (Å²) in [6, 6.07) is 4.58. The Kier molecular flexibility index (Phi) is 8.79. The van der Waals surface area contributed by atoms with Crippen LogP contribution >= 0.6 is 0 Å². The molecule has 0 saturated heterocycles. The van der Waals surface area contributed by atoms with E-state index in [9.17, 15) is 28.2 Å². The molecular weight excluding hydrogens is 417 g/mol. The molecule has 1 heterocycles. The van der Waals surface area contributed by atoms with Gasteiger partial charge in [0.15, 0.2) is 0 Å². The molecule has 31 heavy (non-hydrogen) atoms. The number of alkyl halides is 2. The van der Waals surface area contributed by atoms with Gasteiger partial charge in [-0.05, 0) is 31.4 Å². The van der Waals surface area contributed by atoms with E-state index in [1.165, 1.54) is 6.07 Å². The normalized spacial score (nSPS) is 15.5. The van der Waals surface area contributed by atoms with Crippen LogP contribution in [0.25, 0.3) is 0 Å². The maximum Gasteiger partial charge on any atom is 0.526 e. The third-order valence-electron chi connectivity index (χ3n) is 4.52. The molecule has 170 valence electrons. The number of ketones is 1. The highest BCUT2D eigenvalue weighted by Crippen LogP contribution is 2.37. The third-order valence-corrected chi connectivity index (χ3v) is 4.52. The van der Waals surface area contributed by atoms with E-state index in [-0.39, 0.29) is 30.8 Å². The molecule has 0 unspecified atom stereocenters. The molecule has 1 aliphatic heterocycles. The maximum absolute atomic E-state index is 13.0. The lowest BCUT2D eigenvalue weighted by atomic mass is 9.64. The summed E-state index contributed by atoms with van der Waals surface area (Å²) in [5.41, 5.74) is 0.505. The lowest BCUT2D eigenvalue weighted by Gasteiger charge is -2.28. The Bertz CT molecular complexity index is 796. The van der Waals surface area contributed by atoms with Crippen molar-refractivity contribution >= 4 is 25.0 Å². The van der Waals surface area contributed by atoms with Crippen molar-refractivity contribution in [2.24, 2.45) is 0 Å². The van der Waals surface area contributed by atoms with Crippen LogP contribution in [-0.4, -0.2) is 49.4 Å². The van der Waals surface area contributed by atoms with E-state index in [0.29, 0.717) is 18.9 Å². The molecule has 1 N–H and O–H groups in total. The molecule has 0 bridgehead atoms. The van der Waals surface area contributed by atoms with Crippen molar-refractivity contribution < 1.29 is 47.1 Å². The molecule has 0 spiro atoms. The summed E-state index contributed by atoms with van der Waals surface area (Å²) in [6.07, 6.45) is -0.499. The summed E-state index contributed by atoms with van der Waals surface area (Å²) in [5.74, 6) is -5.34. The van der Waals surface area contributed by atoms with Crippen LogP contribution in [0.1, 0.15) is 55.5 Å². The van der Waals surface area contributed by atoms with Gasteiger partial charge in [0.1, 0.15) is 17.1 Å². The van der Waals surface area contributed by atoms with Crippen molar-refractivity contribution in [2.45, 2.75) is 57.7 Å². The first-order valence-corrected chi connectivity index (χ1v) is 9.93. The number of Topliss-reactive ketones (excluding diaryl/α,β-unsaturated/α-hetero) is 1. The maximum atomic E-state index is 13.0. The Labute approximate surface area is 178 Å². The minimum Gasteiger partial charge on any atom is -0.535 e. The zero-order valence-corrected chi connectivity index (χ0v) is 17.4. The second kappa shape index (κ2) is 11.1. The van der Waals surface area contributed by atoms with E-state index in [2.05, 4.69) is 4.74 Å². The number of para-hydroxylation sites is 1. The lowest BCUT2D eigenvalue weighted by Crippen LogP contribution is -2.36. The first kappa shape index (κ1) is 24.6. The highest BCUT2D eigenvalue weighted by Gasteiger charge is 2.39. The van der Waals surface area contributed by atoms with Crippen LogP contribution in [-0.2, 0) is 25.4 Å². The Morgan fingerprint density at radius 3 is 2.68 bits per heavy atom. The topological polar surface area (TPSA) is 108 Å². The minimum absolute atomic E-state index is 0.00984. The number of fused-ring (bicyclic) bond motifs is 1. The number of carbonyl (C=O) groups excluding carboxylic acids is 3. The summed E-state index contributed by atoms with van der Waals surface area (Å²) in [4.78, 5) is 35.5. The van der Waals surface area contributed by atoms with E-state index in [4.69, 9.17) is 14.1 Å².